The Morgan fingerprint density at radius 1 is 1.10 bits per heavy atom. The molecule has 1 fully saturated rings. The van der Waals surface area contributed by atoms with E-state index < -0.39 is 26.0 Å². The lowest BCUT2D eigenvalue weighted by molar-refractivity contribution is -0.120. The van der Waals surface area contributed by atoms with E-state index in [-0.39, 0.29) is 17.3 Å². The predicted molar refractivity (Wildman–Crippen MR) is 121 cm³/mol. The molecule has 1 amide bonds. The van der Waals surface area contributed by atoms with Crippen molar-refractivity contribution in [1.29, 1.82) is 0 Å². The zero-order valence-corrected chi connectivity index (χ0v) is 19.5. The van der Waals surface area contributed by atoms with Crippen molar-refractivity contribution in [3.8, 4) is 0 Å². The molecule has 1 aliphatic heterocycles. The van der Waals surface area contributed by atoms with E-state index in [0.29, 0.717) is 41.3 Å². The van der Waals surface area contributed by atoms with E-state index in [4.69, 9.17) is 11.6 Å². The molecule has 0 aliphatic carbocycles. The van der Waals surface area contributed by atoms with Crippen LogP contribution in [0.1, 0.15) is 18.4 Å². The lowest BCUT2D eigenvalue weighted by atomic mass is 9.98. The van der Waals surface area contributed by atoms with Crippen LogP contribution in [0.3, 0.4) is 0 Å². The van der Waals surface area contributed by atoms with Gasteiger partial charge >= 0.3 is 0 Å². The summed E-state index contributed by atoms with van der Waals surface area (Å²) in [7, 11) is -7.20. The van der Waals surface area contributed by atoms with Crippen molar-refractivity contribution in [2.24, 2.45) is 5.92 Å². The van der Waals surface area contributed by atoms with E-state index in [1.165, 1.54) is 28.6 Å². The van der Waals surface area contributed by atoms with Gasteiger partial charge in [-0.05, 0) is 61.7 Å². The molecule has 1 aliphatic rings. The van der Waals surface area contributed by atoms with Crippen LogP contribution in [-0.2, 0) is 24.8 Å². The van der Waals surface area contributed by atoms with E-state index in [2.05, 4.69) is 10.0 Å². The average molecular weight is 486 g/mol. The second-order valence-corrected chi connectivity index (χ2v) is 11.7. The first-order valence-electron chi connectivity index (χ1n) is 9.61. The highest BCUT2D eigenvalue weighted by molar-refractivity contribution is 7.92. The van der Waals surface area contributed by atoms with Gasteiger partial charge in [0, 0.05) is 23.8 Å². The number of hydrogen-bond donors (Lipinski definition) is 2. The van der Waals surface area contributed by atoms with E-state index in [0.717, 1.165) is 6.26 Å². The van der Waals surface area contributed by atoms with E-state index in [1.807, 2.05) is 0 Å². The third-order valence-corrected chi connectivity index (χ3v) is 7.73. The first kappa shape index (κ1) is 23.5. The van der Waals surface area contributed by atoms with Crippen molar-refractivity contribution >= 4 is 48.9 Å². The van der Waals surface area contributed by atoms with Gasteiger partial charge in [0.2, 0.25) is 26.0 Å². The first-order chi connectivity index (χ1) is 14.5. The Morgan fingerprint density at radius 2 is 1.77 bits per heavy atom. The fourth-order valence-corrected chi connectivity index (χ4v) is 5.65. The average Bonchev–Trinajstić information content (AvgIpc) is 2.70. The minimum Gasteiger partial charge on any atom is -0.326 e. The third-order valence-electron chi connectivity index (χ3n) is 5.01. The van der Waals surface area contributed by atoms with Crippen LogP contribution in [0.15, 0.2) is 47.4 Å². The highest BCUT2D eigenvalue weighted by Crippen LogP contribution is 2.27. The zero-order chi connectivity index (χ0) is 22.8. The van der Waals surface area contributed by atoms with Crippen molar-refractivity contribution in [2.75, 3.05) is 29.4 Å². The number of amides is 1. The van der Waals surface area contributed by atoms with Gasteiger partial charge in [-0.25, -0.2) is 16.8 Å². The summed E-state index contributed by atoms with van der Waals surface area (Å²) in [5, 5.41) is 3.21. The number of benzene rings is 2. The van der Waals surface area contributed by atoms with E-state index in [9.17, 15) is 21.6 Å². The Hall–Kier alpha value is -2.14. The largest absolute Gasteiger partial charge is 0.326 e. The molecular formula is C20H24ClN3O5S2. The summed E-state index contributed by atoms with van der Waals surface area (Å²) in [5.74, 6) is -0.839. The fraction of sp³-hybridized carbons (Fsp3) is 0.350. The van der Waals surface area contributed by atoms with E-state index in [1.54, 1.807) is 25.1 Å². The molecule has 1 heterocycles. The number of piperidine rings is 1. The number of nitrogens with zero attached hydrogens (tertiary/aromatic N) is 1. The smallest absolute Gasteiger partial charge is 0.243 e. The van der Waals surface area contributed by atoms with Crippen molar-refractivity contribution in [1.82, 2.24) is 4.31 Å². The molecule has 0 radical (unpaired) electrons. The fourth-order valence-electron chi connectivity index (χ4n) is 3.38. The van der Waals surface area contributed by atoms with Gasteiger partial charge in [-0.1, -0.05) is 17.7 Å². The van der Waals surface area contributed by atoms with Gasteiger partial charge in [0.15, 0.2) is 0 Å². The summed E-state index contributed by atoms with van der Waals surface area (Å²) < 4.78 is 52.6. The summed E-state index contributed by atoms with van der Waals surface area (Å²) in [6.07, 6.45) is 2.16. The molecule has 0 saturated carbocycles. The highest BCUT2D eigenvalue weighted by atomic mass is 35.5. The van der Waals surface area contributed by atoms with Gasteiger partial charge in [-0.15, -0.1) is 0 Å². The third kappa shape index (κ3) is 5.97. The Balaban J connectivity index is 1.73. The van der Waals surface area contributed by atoms with Gasteiger partial charge in [-0.3, -0.25) is 9.52 Å². The van der Waals surface area contributed by atoms with Gasteiger partial charge in [-0.2, -0.15) is 4.31 Å². The van der Waals surface area contributed by atoms with Crippen molar-refractivity contribution < 1.29 is 21.6 Å². The summed E-state index contributed by atoms with van der Waals surface area (Å²) in [6.45, 7) is 2.15. The van der Waals surface area contributed by atoms with Gasteiger partial charge < -0.3 is 5.32 Å². The number of aryl methyl sites for hydroxylation is 1. The summed E-state index contributed by atoms with van der Waals surface area (Å²) in [6, 6.07) is 10.8. The number of rotatable bonds is 6. The summed E-state index contributed by atoms with van der Waals surface area (Å²) in [5.41, 5.74) is 1.51. The van der Waals surface area contributed by atoms with Gasteiger partial charge in [0.1, 0.15) is 0 Å². The Morgan fingerprint density at radius 3 is 2.42 bits per heavy atom. The Bertz CT molecular complexity index is 1180. The molecule has 168 valence electrons. The van der Waals surface area contributed by atoms with Crippen LogP contribution in [-0.4, -0.2) is 46.4 Å². The molecule has 1 atom stereocenters. The number of hydrogen-bond acceptors (Lipinski definition) is 5. The molecule has 2 N–H and O–H groups in total. The number of sulfonamides is 2. The van der Waals surface area contributed by atoms with Crippen molar-refractivity contribution in [3.05, 3.63) is 53.1 Å². The molecular weight excluding hydrogens is 462 g/mol. The molecule has 1 unspecified atom stereocenters. The van der Waals surface area contributed by atoms with Crippen LogP contribution >= 0.6 is 11.6 Å². The normalized spacial score (nSPS) is 17.8. The molecule has 8 nitrogen and oxygen atoms in total. The molecule has 2 aromatic carbocycles. The number of anilines is 2. The molecule has 1 saturated heterocycles. The molecule has 2 aromatic rings. The van der Waals surface area contributed by atoms with Gasteiger partial charge in [0.05, 0.1) is 22.8 Å². The monoisotopic (exact) mass is 485 g/mol. The van der Waals surface area contributed by atoms with Crippen LogP contribution in [0, 0.1) is 12.8 Å². The first-order valence-corrected chi connectivity index (χ1v) is 13.3. The number of nitrogens with one attached hydrogen (secondary N) is 2. The molecule has 0 spiro atoms. The quantitative estimate of drug-likeness (QED) is 0.652. The lowest BCUT2D eigenvalue weighted by Crippen LogP contribution is -2.43. The predicted octanol–water partition coefficient (Wildman–Crippen LogP) is 3.06. The van der Waals surface area contributed by atoms with Crippen LogP contribution in [0.25, 0.3) is 0 Å². The van der Waals surface area contributed by atoms with Crippen molar-refractivity contribution in [3.63, 3.8) is 0 Å². The molecule has 3 rings (SSSR count). The minimum absolute atomic E-state index is 0.0666. The number of halogens is 1. The minimum atomic E-state index is -3.73. The van der Waals surface area contributed by atoms with Crippen LogP contribution < -0.4 is 10.0 Å². The Labute approximate surface area is 187 Å². The van der Waals surface area contributed by atoms with Crippen molar-refractivity contribution in [2.45, 2.75) is 24.7 Å². The standard InChI is InChI=1S/C20H24ClN3O5S2/c1-14-5-8-17(12-19(14)23-30(2,26)27)22-20(25)15-4-3-11-24(13-15)31(28,29)18-9-6-16(21)7-10-18/h5-10,12,15,23H,3-4,11,13H2,1-2H3,(H,22,25). The molecule has 0 aromatic heterocycles. The SMILES string of the molecule is Cc1ccc(NC(=O)C2CCCN(S(=O)(=O)c3ccc(Cl)cc3)C2)cc1NS(C)(=O)=O. The number of carbonyl (C=O) groups excluding carboxylic acids is 1. The lowest BCUT2D eigenvalue weighted by Gasteiger charge is -2.31. The molecule has 0 bridgehead atoms. The van der Waals surface area contributed by atoms with Crippen LogP contribution in [0.2, 0.25) is 5.02 Å². The van der Waals surface area contributed by atoms with Crippen LogP contribution in [0.5, 0.6) is 0 Å². The topological polar surface area (TPSA) is 113 Å². The maximum atomic E-state index is 12.9. The Kier molecular flexibility index (Phi) is 6.95. The van der Waals surface area contributed by atoms with E-state index >= 15 is 0 Å². The van der Waals surface area contributed by atoms with Gasteiger partial charge in [0.25, 0.3) is 0 Å². The number of carbonyl (C=O) groups is 1. The highest BCUT2D eigenvalue weighted by Gasteiger charge is 2.33. The second kappa shape index (κ2) is 9.15. The maximum absolute atomic E-state index is 12.9. The molecule has 11 heteroatoms. The summed E-state index contributed by atoms with van der Waals surface area (Å²) >= 11 is 5.85. The zero-order valence-electron chi connectivity index (χ0n) is 17.1. The maximum Gasteiger partial charge on any atom is 0.243 e. The summed E-state index contributed by atoms with van der Waals surface area (Å²) in [4.78, 5) is 12.9. The molecule has 31 heavy (non-hydrogen) atoms. The second-order valence-electron chi connectivity index (χ2n) is 7.55. The van der Waals surface area contributed by atoms with Crippen LogP contribution in [0.4, 0.5) is 11.4 Å².